The first-order valence-electron chi connectivity index (χ1n) is 21.1. The molecule has 0 aliphatic carbocycles. The van der Waals surface area contributed by atoms with Crippen LogP contribution >= 0.6 is 69.9 Å². The Balaban J connectivity index is 1.32. The molecule has 0 aromatic heterocycles. The number of rotatable bonds is 12. The third-order valence-corrected chi connectivity index (χ3v) is 15.9. The molecule has 5 aromatic carbocycles. The zero-order valence-corrected chi connectivity index (χ0v) is 39.1. The summed E-state index contributed by atoms with van der Waals surface area (Å²) >= 11 is 30.7. The summed E-state index contributed by atoms with van der Waals surface area (Å²) in [6.07, 6.45) is 9.18. The van der Waals surface area contributed by atoms with E-state index in [1.54, 1.807) is 0 Å². The van der Waals surface area contributed by atoms with Crippen LogP contribution in [0.15, 0.2) is 92.6 Å². The van der Waals surface area contributed by atoms with Gasteiger partial charge in [-0.15, -0.1) is 0 Å². The summed E-state index contributed by atoms with van der Waals surface area (Å²) in [6.45, 7) is 4.34. The number of aryl methyl sites for hydroxylation is 2. The second-order valence-corrected chi connectivity index (χ2v) is 19.5. The number of nitrogens with zero attached hydrogens (tertiary/aromatic N) is 2. The van der Waals surface area contributed by atoms with E-state index in [0.717, 1.165) is 83.7 Å². The molecule has 0 unspecified atom stereocenters. The molecule has 0 saturated heterocycles. The molecule has 1 spiro atoms. The van der Waals surface area contributed by atoms with Crippen LogP contribution in [0.4, 0.5) is 11.4 Å². The minimum Gasteiger partial charge on any atom is -0.456 e. The molecule has 2 N–H and O–H groups in total. The highest BCUT2D eigenvalue weighted by atomic mass is 35.5. The molecule has 4 heterocycles. The van der Waals surface area contributed by atoms with Gasteiger partial charge < -0.3 is 20.1 Å². The Hall–Kier alpha value is -4.71. The van der Waals surface area contributed by atoms with Gasteiger partial charge in [-0.1, -0.05) is 147 Å². The summed E-state index contributed by atoms with van der Waals surface area (Å²) in [7, 11) is 0. The van der Waals surface area contributed by atoms with Gasteiger partial charge in [-0.3, -0.25) is 0 Å². The first-order chi connectivity index (χ1) is 30.6. The fourth-order valence-corrected chi connectivity index (χ4v) is 12.0. The van der Waals surface area contributed by atoms with E-state index in [0.29, 0.717) is 67.8 Å². The Morgan fingerprint density at radius 1 is 0.651 bits per heavy atom. The monoisotopic (exact) mass is 948 g/mol. The third-order valence-electron chi connectivity index (χ3n) is 12.0. The lowest BCUT2D eigenvalue weighted by Gasteiger charge is -2.38. The zero-order valence-electron chi connectivity index (χ0n) is 34.4. The third kappa shape index (κ3) is 7.55. The number of unbranched alkanes of at least 4 members (excludes halogenated alkanes) is 6. The number of carbonyl (C=O) groups is 1. The van der Waals surface area contributed by atoms with Gasteiger partial charge in [0.15, 0.2) is 5.60 Å². The fourth-order valence-electron chi connectivity index (χ4n) is 8.90. The average Bonchev–Trinajstić information content (AvgIpc) is 4.00. The number of allylic oxidation sites excluding steroid dienone is 2. The number of nitrogens with one attached hydrogen (secondary N) is 2. The van der Waals surface area contributed by atoms with Crippen molar-refractivity contribution in [3.8, 4) is 23.6 Å². The largest absolute Gasteiger partial charge is 0.456 e. The number of hydrogen-bond acceptors (Lipinski definition) is 9. The molecule has 4 aliphatic heterocycles. The van der Waals surface area contributed by atoms with Crippen LogP contribution < -0.4 is 15.4 Å². The Kier molecular flexibility index (Phi) is 12.5. The molecule has 0 radical (unpaired) electrons. The number of anilines is 2. The number of carbonyl (C=O) groups excluding carboxylic acids is 1. The van der Waals surface area contributed by atoms with Crippen molar-refractivity contribution in [2.75, 3.05) is 10.6 Å². The molecule has 9 rings (SSSR count). The normalized spacial score (nSPS) is 16.3. The van der Waals surface area contributed by atoms with Gasteiger partial charge in [0.1, 0.15) is 23.6 Å². The molecular formula is C50H40Cl4N4O3S2. The topological polar surface area (TPSA) is 107 Å². The Morgan fingerprint density at radius 3 is 1.59 bits per heavy atom. The number of halogens is 4. The Labute approximate surface area is 395 Å². The lowest BCUT2D eigenvalue weighted by molar-refractivity contribution is 0.0224. The maximum atomic E-state index is 14.4. The number of esters is 1. The lowest BCUT2D eigenvalue weighted by Crippen LogP contribution is -2.34. The van der Waals surface area contributed by atoms with E-state index in [1.807, 2.05) is 72.8 Å². The molecule has 5 aromatic rings. The summed E-state index contributed by atoms with van der Waals surface area (Å²) in [5.74, 6) is -0.0305. The maximum Gasteiger partial charge on any atom is 0.341 e. The van der Waals surface area contributed by atoms with E-state index >= 15 is 0 Å². The van der Waals surface area contributed by atoms with E-state index in [2.05, 4.69) is 36.6 Å². The summed E-state index contributed by atoms with van der Waals surface area (Å²) in [5.41, 5.74) is 5.49. The van der Waals surface area contributed by atoms with Crippen LogP contribution in [0.1, 0.15) is 115 Å². The van der Waals surface area contributed by atoms with Crippen LogP contribution in [0.5, 0.6) is 11.5 Å². The average molecular weight is 951 g/mol. The molecule has 0 fully saturated rings. The summed E-state index contributed by atoms with van der Waals surface area (Å²) in [6, 6.07) is 28.7. The van der Waals surface area contributed by atoms with Crippen LogP contribution in [0.2, 0.25) is 20.1 Å². The van der Waals surface area contributed by atoms with Crippen molar-refractivity contribution in [1.29, 1.82) is 10.5 Å². The van der Waals surface area contributed by atoms with Gasteiger partial charge in [0.2, 0.25) is 0 Å². The lowest BCUT2D eigenvalue weighted by atomic mass is 9.74. The highest BCUT2D eigenvalue weighted by Gasteiger charge is 2.57. The van der Waals surface area contributed by atoms with E-state index in [1.165, 1.54) is 23.5 Å². The van der Waals surface area contributed by atoms with Crippen molar-refractivity contribution in [1.82, 2.24) is 0 Å². The molecule has 0 bridgehead atoms. The first kappa shape index (κ1) is 43.5. The van der Waals surface area contributed by atoms with E-state index in [9.17, 15) is 15.3 Å². The zero-order chi connectivity index (χ0) is 44.0. The quantitative estimate of drug-likeness (QED) is 0.0416. The molecule has 0 atom stereocenters. The fraction of sp³-hybridized carbons (Fsp3) is 0.260. The number of para-hydroxylation sites is 2. The molecule has 4 aliphatic rings. The number of thioether (sulfide) groups is 2. The van der Waals surface area contributed by atoms with E-state index in [-0.39, 0.29) is 31.2 Å². The van der Waals surface area contributed by atoms with Gasteiger partial charge in [-0.05, 0) is 85.3 Å². The summed E-state index contributed by atoms with van der Waals surface area (Å²) in [4.78, 5) is 16.5. The smallest absolute Gasteiger partial charge is 0.341 e. The second-order valence-electron chi connectivity index (χ2n) is 15.9. The highest BCUT2D eigenvalue weighted by molar-refractivity contribution is 8.04. The van der Waals surface area contributed by atoms with Crippen molar-refractivity contribution in [2.24, 2.45) is 0 Å². The molecule has 0 saturated carbocycles. The van der Waals surface area contributed by atoms with E-state index < -0.39 is 11.6 Å². The molecule has 63 heavy (non-hydrogen) atoms. The summed E-state index contributed by atoms with van der Waals surface area (Å²) < 4.78 is 13.7. The van der Waals surface area contributed by atoms with Crippen molar-refractivity contribution in [3.63, 3.8) is 0 Å². The SMILES string of the molecule is CCCCCCc1cc2c(cc1/C(C#N)=C1/Nc3ccccc3S1)Oc1cc(/C(C#N)=C3/Nc4ccccc4S3)c(CCCCCC)cc1C21OC(=O)c2c(Cl)c(Cl)c(Cl)c(Cl)c21. The highest BCUT2D eigenvalue weighted by Crippen LogP contribution is 2.62. The van der Waals surface area contributed by atoms with Crippen molar-refractivity contribution in [3.05, 3.63) is 147 Å². The van der Waals surface area contributed by atoms with Crippen LogP contribution in [0.25, 0.3) is 11.1 Å². The predicted molar refractivity (Wildman–Crippen MR) is 257 cm³/mol. The van der Waals surface area contributed by atoms with Gasteiger partial charge in [0.25, 0.3) is 0 Å². The predicted octanol–water partition coefficient (Wildman–Crippen LogP) is 15.9. The Morgan fingerprint density at radius 2 is 1.13 bits per heavy atom. The molecule has 0 amide bonds. The van der Waals surface area contributed by atoms with Crippen molar-refractivity contribution < 1.29 is 14.3 Å². The van der Waals surface area contributed by atoms with Gasteiger partial charge in [-0.25, -0.2) is 4.79 Å². The number of hydrogen-bond donors (Lipinski definition) is 2. The van der Waals surface area contributed by atoms with Crippen molar-refractivity contribution >= 4 is 98.4 Å². The van der Waals surface area contributed by atoms with Gasteiger partial charge >= 0.3 is 5.97 Å². The number of benzene rings is 5. The second kappa shape index (κ2) is 18.0. The Bertz CT molecular complexity index is 2700. The molecular weight excluding hydrogens is 911 g/mol. The van der Waals surface area contributed by atoms with Crippen LogP contribution in [0, 0.1) is 22.7 Å². The number of ether oxygens (including phenoxy) is 2. The molecule has 7 nitrogen and oxygen atoms in total. The van der Waals surface area contributed by atoms with Crippen LogP contribution in [-0.2, 0) is 23.2 Å². The number of nitriles is 2. The standard InChI is InChI=1S/C50H40Cl4N4O3S2/c1-3-5-7-9-15-27-21-33-37(23-29(27)31(25-55)47-57-35-17-11-13-19-39(35)62-47)60-38-24-30(32(26-56)48-58-36-18-12-14-20-40(36)63-48)28(16-10-8-6-4-2)22-34(38)50(33)42-41(49(59)61-50)43(51)45(53)46(54)44(42)52/h11-14,17-24,57-58H,3-10,15-16H2,1-2H3/b47-31-,48-32-. The van der Waals surface area contributed by atoms with Gasteiger partial charge in [0, 0.05) is 37.6 Å². The van der Waals surface area contributed by atoms with Gasteiger partial charge in [-0.2, -0.15) is 10.5 Å². The van der Waals surface area contributed by atoms with Crippen LogP contribution in [-0.4, -0.2) is 5.97 Å². The molecule has 318 valence electrons. The van der Waals surface area contributed by atoms with Crippen LogP contribution in [0.3, 0.4) is 0 Å². The first-order valence-corrected chi connectivity index (χ1v) is 24.3. The number of fused-ring (bicyclic) bond motifs is 8. The van der Waals surface area contributed by atoms with Gasteiger partial charge in [0.05, 0.1) is 58.2 Å². The summed E-state index contributed by atoms with van der Waals surface area (Å²) in [5, 5.41) is 30.2. The van der Waals surface area contributed by atoms with E-state index in [4.69, 9.17) is 55.9 Å². The molecule has 13 heteroatoms. The minimum atomic E-state index is -1.70. The van der Waals surface area contributed by atoms with Crippen molar-refractivity contribution in [2.45, 2.75) is 93.4 Å². The maximum absolute atomic E-state index is 14.4. The minimum absolute atomic E-state index is 0.0111.